The van der Waals surface area contributed by atoms with Gasteiger partial charge in [-0.25, -0.2) is 4.98 Å². The van der Waals surface area contributed by atoms with Crippen molar-refractivity contribution in [3.05, 3.63) is 40.4 Å². The van der Waals surface area contributed by atoms with Crippen molar-refractivity contribution in [2.24, 2.45) is 0 Å². The van der Waals surface area contributed by atoms with E-state index in [1.54, 1.807) is 13.8 Å². The predicted molar refractivity (Wildman–Crippen MR) is 66.5 cm³/mol. The molecule has 0 saturated heterocycles. The maximum Gasteiger partial charge on any atom is 0.261 e. The van der Waals surface area contributed by atoms with Crippen molar-refractivity contribution in [2.75, 3.05) is 5.32 Å². The number of aryl methyl sites for hydroxylation is 2. The van der Waals surface area contributed by atoms with Crippen molar-refractivity contribution < 1.29 is 4.79 Å². The topological polar surface area (TPSA) is 80.7 Å². The molecule has 2 heterocycles. The molecule has 2 rings (SSSR count). The van der Waals surface area contributed by atoms with Crippen LogP contribution in [0.1, 0.15) is 21.7 Å². The van der Waals surface area contributed by atoms with Crippen molar-refractivity contribution >= 4 is 23.5 Å². The highest BCUT2D eigenvalue weighted by molar-refractivity contribution is 6.34. The number of halogens is 1. The van der Waals surface area contributed by atoms with Crippen molar-refractivity contribution in [3.63, 3.8) is 0 Å². The van der Waals surface area contributed by atoms with Crippen LogP contribution in [0.3, 0.4) is 0 Å². The molecule has 92 valence electrons. The van der Waals surface area contributed by atoms with Gasteiger partial charge in [0.15, 0.2) is 0 Å². The number of hydrogen-bond donors (Lipinski definition) is 1. The molecular formula is C11H10ClN5O. The van der Waals surface area contributed by atoms with Gasteiger partial charge < -0.3 is 0 Å². The van der Waals surface area contributed by atoms with Gasteiger partial charge in [0, 0.05) is 12.4 Å². The molecule has 1 N–H and O–H groups in total. The Balaban J connectivity index is 2.22. The van der Waals surface area contributed by atoms with Gasteiger partial charge in [0.2, 0.25) is 5.95 Å². The minimum Gasteiger partial charge on any atom is -0.289 e. The maximum atomic E-state index is 11.9. The van der Waals surface area contributed by atoms with Crippen LogP contribution in [-0.2, 0) is 0 Å². The zero-order chi connectivity index (χ0) is 13.1. The van der Waals surface area contributed by atoms with Gasteiger partial charge in [0.1, 0.15) is 0 Å². The number of aromatic nitrogens is 4. The van der Waals surface area contributed by atoms with Crippen molar-refractivity contribution in [2.45, 2.75) is 13.8 Å². The minimum atomic E-state index is -0.418. The summed E-state index contributed by atoms with van der Waals surface area (Å²) in [6.45, 7) is 3.58. The number of pyridine rings is 1. The summed E-state index contributed by atoms with van der Waals surface area (Å²) in [5, 5.41) is 10.5. The molecule has 2 aromatic heterocycles. The number of anilines is 1. The van der Waals surface area contributed by atoms with Crippen LogP contribution in [0, 0.1) is 13.8 Å². The lowest BCUT2D eigenvalue weighted by Crippen LogP contribution is -2.16. The van der Waals surface area contributed by atoms with Crippen LogP contribution in [0.4, 0.5) is 5.95 Å². The Morgan fingerprint density at radius 1 is 1.28 bits per heavy atom. The molecule has 0 aliphatic heterocycles. The van der Waals surface area contributed by atoms with Gasteiger partial charge in [-0.15, -0.1) is 5.10 Å². The van der Waals surface area contributed by atoms with E-state index in [1.165, 1.54) is 18.5 Å². The highest BCUT2D eigenvalue weighted by Crippen LogP contribution is 2.14. The van der Waals surface area contributed by atoms with E-state index in [9.17, 15) is 4.79 Å². The fourth-order valence-electron chi connectivity index (χ4n) is 1.22. The fourth-order valence-corrected chi connectivity index (χ4v) is 1.41. The largest absolute Gasteiger partial charge is 0.289 e. The minimum absolute atomic E-state index is 0.142. The second-order valence-electron chi connectivity index (χ2n) is 3.62. The van der Waals surface area contributed by atoms with Crippen LogP contribution in [0.2, 0.25) is 5.02 Å². The zero-order valence-corrected chi connectivity index (χ0v) is 10.6. The van der Waals surface area contributed by atoms with Crippen molar-refractivity contribution in [1.82, 2.24) is 20.2 Å². The Bertz CT molecular complexity index is 602. The molecule has 0 atom stereocenters. The summed E-state index contributed by atoms with van der Waals surface area (Å²) < 4.78 is 0. The van der Waals surface area contributed by atoms with Crippen LogP contribution in [0.25, 0.3) is 0 Å². The number of carbonyl (C=O) groups is 1. The molecule has 7 heteroatoms. The van der Waals surface area contributed by atoms with Crippen LogP contribution in [-0.4, -0.2) is 26.1 Å². The molecule has 0 aliphatic rings. The van der Waals surface area contributed by atoms with Gasteiger partial charge in [0.05, 0.1) is 22.0 Å². The van der Waals surface area contributed by atoms with E-state index in [4.69, 9.17) is 11.6 Å². The average Bonchev–Trinajstić information content (AvgIpc) is 2.34. The summed E-state index contributed by atoms with van der Waals surface area (Å²) in [6, 6.07) is 1.54. The third-order valence-corrected chi connectivity index (χ3v) is 2.66. The van der Waals surface area contributed by atoms with Crippen LogP contribution in [0.15, 0.2) is 18.5 Å². The molecule has 0 unspecified atom stereocenters. The number of nitrogens with one attached hydrogen (secondary N) is 1. The lowest BCUT2D eigenvalue weighted by atomic mass is 10.3. The third-order valence-electron chi connectivity index (χ3n) is 2.33. The quantitative estimate of drug-likeness (QED) is 0.893. The molecule has 0 saturated carbocycles. The molecule has 18 heavy (non-hydrogen) atoms. The first-order valence-corrected chi connectivity index (χ1v) is 5.54. The van der Waals surface area contributed by atoms with Crippen LogP contribution < -0.4 is 5.32 Å². The van der Waals surface area contributed by atoms with Crippen molar-refractivity contribution in [3.8, 4) is 0 Å². The Hall–Kier alpha value is -2.08. The predicted octanol–water partition coefficient (Wildman–Crippen LogP) is 1.79. The first kappa shape index (κ1) is 12.4. The van der Waals surface area contributed by atoms with Crippen LogP contribution >= 0.6 is 11.6 Å². The number of rotatable bonds is 2. The molecule has 0 radical (unpaired) electrons. The SMILES string of the molecule is Cc1nnc(NC(=O)c2cnccc2Cl)nc1C. The lowest BCUT2D eigenvalue weighted by molar-refractivity contribution is 0.102. The smallest absolute Gasteiger partial charge is 0.261 e. The highest BCUT2D eigenvalue weighted by atomic mass is 35.5. The Kier molecular flexibility index (Phi) is 3.47. The van der Waals surface area contributed by atoms with Gasteiger partial charge in [-0.3, -0.25) is 15.1 Å². The van der Waals surface area contributed by atoms with Gasteiger partial charge in [-0.2, -0.15) is 5.10 Å². The first-order valence-electron chi connectivity index (χ1n) is 5.16. The number of carbonyl (C=O) groups excluding carboxylic acids is 1. The van der Waals surface area contributed by atoms with Gasteiger partial charge in [-0.1, -0.05) is 11.6 Å². The van der Waals surface area contributed by atoms with Gasteiger partial charge in [0.25, 0.3) is 5.91 Å². The van der Waals surface area contributed by atoms with Crippen molar-refractivity contribution in [1.29, 1.82) is 0 Å². The van der Waals surface area contributed by atoms with E-state index in [0.717, 1.165) is 0 Å². The van der Waals surface area contributed by atoms with E-state index in [1.807, 2.05) is 0 Å². The van der Waals surface area contributed by atoms with E-state index in [0.29, 0.717) is 16.4 Å². The molecule has 0 bridgehead atoms. The summed E-state index contributed by atoms with van der Waals surface area (Å²) in [4.78, 5) is 19.8. The van der Waals surface area contributed by atoms with E-state index in [2.05, 4.69) is 25.5 Å². The molecule has 0 aromatic carbocycles. The molecule has 0 fully saturated rings. The van der Waals surface area contributed by atoms with Gasteiger partial charge in [-0.05, 0) is 19.9 Å². The number of nitrogens with zero attached hydrogens (tertiary/aromatic N) is 4. The summed E-state index contributed by atoms with van der Waals surface area (Å²) in [7, 11) is 0. The van der Waals surface area contributed by atoms with E-state index >= 15 is 0 Å². The highest BCUT2D eigenvalue weighted by Gasteiger charge is 2.12. The van der Waals surface area contributed by atoms with E-state index < -0.39 is 5.91 Å². The molecule has 0 spiro atoms. The summed E-state index contributed by atoms with van der Waals surface area (Å²) >= 11 is 5.88. The van der Waals surface area contributed by atoms with E-state index in [-0.39, 0.29) is 11.5 Å². The second-order valence-corrected chi connectivity index (χ2v) is 4.02. The summed E-state index contributed by atoms with van der Waals surface area (Å²) in [5.41, 5.74) is 1.69. The number of amides is 1. The fraction of sp³-hybridized carbons (Fsp3) is 0.182. The Morgan fingerprint density at radius 2 is 2.06 bits per heavy atom. The van der Waals surface area contributed by atoms with Crippen LogP contribution in [0.5, 0.6) is 0 Å². The standard InChI is InChI=1S/C11H10ClN5O/c1-6-7(2)16-17-11(14-6)15-10(18)8-5-13-4-3-9(8)12/h3-5H,1-2H3,(H,14,15,17,18). The normalized spacial score (nSPS) is 10.2. The van der Waals surface area contributed by atoms with Gasteiger partial charge >= 0.3 is 0 Å². The summed E-state index contributed by atoms with van der Waals surface area (Å²) in [6.07, 6.45) is 2.89. The second kappa shape index (κ2) is 5.05. The maximum absolute atomic E-state index is 11.9. The molecule has 1 amide bonds. The molecule has 6 nitrogen and oxygen atoms in total. The third kappa shape index (κ3) is 2.60. The molecule has 2 aromatic rings. The number of hydrogen-bond acceptors (Lipinski definition) is 5. The molecule has 0 aliphatic carbocycles. The molecular weight excluding hydrogens is 254 g/mol. The average molecular weight is 264 g/mol. The monoisotopic (exact) mass is 263 g/mol. The first-order chi connectivity index (χ1) is 8.58. The summed E-state index contributed by atoms with van der Waals surface area (Å²) in [5.74, 6) is -0.277. The zero-order valence-electron chi connectivity index (χ0n) is 9.81. The Morgan fingerprint density at radius 3 is 2.72 bits per heavy atom. The lowest BCUT2D eigenvalue weighted by Gasteiger charge is -2.05. The Labute approximate surface area is 108 Å².